The molecule has 0 saturated heterocycles. The highest BCUT2D eigenvalue weighted by atomic mass is 16.5. The number of aromatic nitrogens is 1. The Balaban J connectivity index is 1.64. The van der Waals surface area contributed by atoms with E-state index in [1.54, 1.807) is 32.4 Å². The monoisotopic (exact) mass is 440 g/mol. The fourth-order valence-corrected chi connectivity index (χ4v) is 3.84. The smallest absolute Gasteiger partial charge is 0.254 e. The Hall–Kier alpha value is -3.99. The fourth-order valence-electron chi connectivity index (χ4n) is 3.84. The zero-order valence-corrected chi connectivity index (χ0v) is 19.0. The molecule has 0 radical (unpaired) electrons. The van der Waals surface area contributed by atoms with Crippen molar-refractivity contribution in [3.8, 4) is 11.5 Å². The minimum atomic E-state index is -0.0801. The van der Waals surface area contributed by atoms with Crippen molar-refractivity contribution in [2.75, 3.05) is 14.2 Å². The molecule has 1 aromatic heterocycles. The van der Waals surface area contributed by atoms with E-state index in [9.17, 15) is 4.79 Å². The van der Waals surface area contributed by atoms with Crippen LogP contribution >= 0.6 is 0 Å². The van der Waals surface area contributed by atoms with Crippen LogP contribution in [0.3, 0.4) is 0 Å². The zero-order valence-electron chi connectivity index (χ0n) is 19.0. The molecule has 0 aliphatic carbocycles. The number of rotatable bonds is 9. The molecule has 0 atom stereocenters. The van der Waals surface area contributed by atoms with E-state index in [2.05, 4.69) is 29.0 Å². The first kappa shape index (κ1) is 22.2. The predicted octanol–water partition coefficient (Wildman–Crippen LogP) is 5.40. The lowest BCUT2D eigenvalue weighted by atomic mass is 10.1. The minimum Gasteiger partial charge on any atom is -0.497 e. The first-order chi connectivity index (χ1) is 16.2. The van der Waals surface area contributed by atoms with Gasteiger partial charge in [0.25, 0.3) is 5.91 Å². The van der Waals surface area contributed by atoms with Crippen LogP contribution in [-0.2, 0) is 19.6 Å². The first-order valence-corrected chi connectivity index (χ1v) is 10.9. The molecule has 5 heteroatoms. The molecule has 0 spiro atoms. The molecule has 0 fully saturated rings. The third kappa shape index (κ3) is 5.63. The molecule has 0 saturated carbocycles. The maximum atomic E-state index is 13.7. The van der Waals surface area contributed by atoms with Crippen molar-refractivity contribution in [3.05, 3.63) is 120 Å². The zero-order chi connectivity index (χ0) is 23.0. The van der Waals surface area contributed by atoms with Gasteiger partial charge < -0.3 is 18.9 Å². The maximum Gasteiger partial charge on any atom is 0.254 e. The SMILES string of the molecule is COc1cc(OC)cc(C(=O)N(Cc2ccccc2)Cc2cccn2Cc2ccccc2)c1. The van der Waals surface area contributed by atoms with Crippen LogP contribution in [0.15, 0.2) is 97.2 Å². The van der Waals surface area contributed by atoms with Gasteiger partial charge in [-0.3, -0.25) is 4.79 Å². The molecule has 5 nitrogen and oxygen atoms in total. The van der Waals surface area contributed by atoms with Crippen molar-refractivity contribution in [1.82, 2.24) is 9.47 Å². The molecule has 0 bridgehead atoms. The molecule has 4 rings (SSSR count). The van der Waals surface area contributed by atoms with Crippen LogP contribution in [0.2, 0.25) is 0 Å². The van der Waals surface area contributed by atoms with Crippen LogP contribution in [0.4, 0.5) is 0 Å². The molecule has 0 unspecified atom stereocenters. The Morgan fingerprint density at radius 3 is 1.97 bits per heavy atom. The second-order valence-corrected chi connectivity index (χ2v) is 7.86. The van der Waals surface area contributed by atoms with E-state index in [1.807, 2.05) is 59.5 Å². The molecule has 4 aromatic rings. The van der Waals surface area contributed by atoms with E-state index >= 15 is 0 Å². The molecule has 0 aliphatic heterocycles. The average Bonchev–Trinajstić information content (AvgIpc) is 3.30. The van der Waals surface area contributed by atoms with E-state index in [0.29, 0.717) is 30.2 Å². The topological polar surface area (TPSA) is 43.7 Å². The summed E-state index contributed by atoms with van der Waals surface area (Å²) in [5.41, 5.74) is 3.89. The van der Waals surface area contributed by atoms with Crippen LogP contribution in [0, 0.1) is 0 Å². The third-order valence-electron chi connectivity index (χ3n) is 5.57. The minimum absolute atomic E-state index is 0.0801. The molecule has 33 heavy (non-hydrogen) atoms. The van der Waals surface area contributed by atoms with E-state index in [1.165, 1.54) is 5.56 Å². The number of carbonyl (C=O) groups is 1. The van der Waals surface area contributed by atoms with Crippen molar-refractivity contribution in [3.63, 3.8) is 0 Å². The van der Waals surface area contributed by atoms with E-state index in [0.717, 1.165) is 17.8 Å². The summed E-state index contributed by atoms with van der Waals surface area (Å²) in [7, 11) is 3.17. The summed E-state index contributed by atoms with van der Waals surface area (Å²) in [6.45, 7) is 1.73. The number of ether oxygens (including phenoxy) is 2. The lowest BCUT2D eigenvalue weighted by Crippen LogP contribution is -2.31. The first-order valence-electron chi connectivity index (χ1n) is 10.9. The number of benzene rings is 3. The van der Waals surface area contributed by atoms with Gasteiger partial charge in [0.05, 0.1) is 20.8 Å². The molecule has 0 N–H and O–H groups in total. The summed E-state index contributed by atoms with van der Waals surface area (Å²) in [6, 6.07) is 29.7. The Morgan fingerprint density at radius 1 is 0.758 bits per heavy atom. The summed E-state index contributed by atoms with van der Waals surface area (Å²) in [4.78, 5) is 15.5. The molecule has 168 valence electrons. The van der Waals surface area contributed by atoms with E-state index in [-0.39, 0.29) is 5.91 Å². The van der Waals surface area contributed by atoms with Gasteiger partial charge >= 0.3 is 0 Å². The largest absolute Gasteiger partial charge is 0.497 e. The molecular formula is C28H28N2O3. The highest BCUT2D eigenvalue weighted by Crippen LogP contribution is 2.25. The fraction of sp³-hybridized carbons (Fsp3) is 0.179. The van der Waals surface area contributed by atoms with Gasteiger partial charge in [0.1, 0.15) is 11.5 Å². The van der Waals surface area contributed by atoms with Crippen LogP contribution in [0.25, 0.3) is 0 Å². The standard InChI is InChI=1S/C28H28N2O3/c1-32-26-16-24(17-27(18-26)33-2)28(31)30(20-23-12-7-4-8-13-23)21-25-14-9-15-29(25)19-22-10-5-3-6-11-22/h3-18H,19-21H2,1-2H3. The van der Waals surface area contributed by atoms with Crippen molar-refractivity contribution in [1.29, 1.82) is 0 Å². The van der Waals surface area contributed by atoms with Crippen LogP contribution in [0.1, 0.15) is 27.2 Å². The second-order valence-electron chi connectivity index (χ2n) is 7.86. The summed E-state index contributed by atoms with van der Waals surface area (Å²) in [5.74, 6) is 1.10. The number of amides is 1. The number of methoxy groups -OCH3 is 2. The number of hydrogen-bond donors (Lipinski definition) is 0. The van der Waals surface area contributed by atoms with Crippen molar-refractivity contribution >= 4 is 5.91 Å². The van der Waals surface area contributed by atoms with Gasteiger partial charge in [-0.2, -0.15) is 0 Å². The van der Waals surface area contributed by atoms with Gasteiger partial charge in [-0.25, -0.2) is 0 Å². The summed E-state index contributed by atoms with van der Waals surface area (Å²) < 4.78 is 13.0. The van der Waals surface area contributed by atoms with Gasteiger partial charge in [0.15, 0.2) is 0 Å². The summed E-state index contributed by atoms with van der Waals surface area (Å²) in [6.07, 6.45) is 2.06. The van der Waals surface area contributed by atoms with Gasteiger partial charge in [-0.05, 0) is 35.4 Å². The normalized spacial score (nSPS) is 10.6. The van der Waals surface area contributed by atoms with Crippen molar-refractivity contribution < 1.29 is 14.3 Å². The number of nitrogens with zero attached hydrogens (tertiary/aromatic N) is 2. The second kappa shape index (κ2) is 10.6. The van der Waals surface area contributed by atoms with E-state index in [4.69, 9.17) is 9.47 Å². The molecule has 1 amide bonds. The van der Waals surface area contributed by atoms with Gasteiger partial charge in [0, 0.05) is 36.6 Å². The number of hydrogen-bond acceptors (Lipinski definition) is 3. The molecular weight excluding hydrogens is 412 g/mol. The molecule has 1 heterocycles. The van der Waals surface area contributed by atoms with E-state index < -0.39 is 0 Å². The quantitative estimate of drug-likeness (QED) is 0.350. The van der Waals surface area contributed by atoms with Gasteiger partial charge in [-0.15, -0.1) is 0 Å². The van der Waals surface area contributed by atoms with Crippen molar-refractivity contribution in [2.24, 2.45) is 0 Å². The lowest BCUT2D eigenvalue weighted by Gasteiger charge is -2.24. The average molecular weight is 441 g/mol. The highest BCUT2D eigenvalue weighted by Gasteiger charge is 2.20. The van der Waals surface area contributed by atoms with Crippen LogP contribution in [-0.4, -0.2) is 29.6 Å². The van der Waals surface area contributed by atoms with Crippen LogP contribution < -0.4 is 9.47 Å². The van der Waals surface area contributed by atoms with Gasteiger partial charge in [-0.1, -0.05) is 60.7 Å². The Bertz CT molecular complexity index is 1160. The Kier molecular flexibility index (Phi) is 7.10. The van der Waals surface area contributed by atoms with Gasteiger partial charge in [0.2, 0.25) is 0 Å². The molecule has 0 aliphatic rings. The predicted molar refractivity (Wildman–Crippen MR) is 130 cm³/mol. The third-order valence-corrected chi connectivity index (χ3v) is 5.57. The van der Waals surface area contributed by atoms with Crippen LogP contribution in [0.5, 0.6) is 11.5 Å². The molecule has 3 aromatic carbocycles. The van der Waals surface area contributed by atoms with Crippen molar-refractivity contribution in [2.45, 2.75) is 19.6 Å². The maximum absolute atomic E-state index is 13.7. The highest BCUT2D eigenvalue weighted by molar-refractivity contribution is 5.95. The summed E-state index contributed by atoms with van der Waals surface area (Å²) in [5, 5.41) is 0. The number of carbonyl (C=O) groups excluding carboxylic acids is 1. The lowest BCUT2D eigenvalue weighted by molar-refractivity contribution is 0.0725. The Morgan fingerprint density at radius 2 is 1.36 bits per heavy atom. The Labute approximate surface area is 194 Å². The summed E-state index contributed by atoms with van der Waals surface area (Å²) >= 11 is 0.